The number of nitrogens with zero attached hydrogens (tertiary/aromatic N) is 5. The van der Waals surface area contributed by atoms with E-state index in [0.29, 0.717) is 18.0 Å². The number of hydrogen-bond acceptors (Lipinski definition) is 8. The zero-order valence-electron chi connectivity index (χ0n) is 20.6. The second-order valence-electron chi connectivity index (χ2n) is 9.33. The van der Waals surface area contributed by atoms with Gasteiger partial charge in [0.2, 0.25) is 5.43 Å². The van der Waals surface area contributed by atoms with Gasteiger partial charge in [-0.05, 0) is 49.3 Å². The maximum atomic E-state index is 14.2. The molecule has 3 aromatic heterocycles. The molecule has 1 aromatic carbocycles. The van der Waals surface area contributed by atoms with Crippen LogP contribution in [0.1, 0.15) is 51.3 Å². The molecule has 0 saturated heterocycles. The standard InChI is InChI=1S/C26H23F2N5O3S2/c1-3-32-25(36)21-23(35)22(34)16(24-30-29-20(38-24)11-14-6-7-15(27)12-18(14)28)13-33(21)31(2)26(32)9-4-5-19-17(26)8-10-37-19/h6-8,10,12-13,35H,3-5,9,11H2,1-2H3. The number of hydrogen-bond donors (Lipinski definition) is 1. The fourth-order valence-corrected chi connectivity index (χ4v) is 7.49. The number of aryl methyl sites for hydroxylation is 1. The fraction of sp³-hybridized carbons (Fsp3) is 0.308. The maximum Gasteiger partial charge on any atom is 0.278 e. The van der Waals surface area contributed by atoms with E-state index < -0.39 is 34.4 Å². The van der Waals surface area contributed by atoms with Crippen molar-refractivity contribution < 1.29 is 18.7 Å². The van der Waals surface area contributed by atoms with E-state index in [1.807, 2.05) is 30.4 Å². The van der Waals surface area contributed by atoms with Crippen LogP contribution in [0.2, 0.25) is 0 Å². The minimum absolute atomic E-state index is 0.0654. The molecule has 1 unspecified atom stereocenters. The largest absolute Gasteiger partial charge is 0.502 e. The molecule has 6 rings (SSSR count). The second-order valence-corrected chi connectivity index (χ2v) is 11.4. The highest BCUT2D eigenvalue weighted by Crippen LogP contribution is 2.47. The summed E-state index contributed by atoms with van der Waals surface area (Å²) in [5.41, 5.74) is -0.228. The molecule has 0 radical (unpaired) electrons. The van der Waals surface area contributed by atoms with Crippen LogP contribution in [0.3, 0.4) is 0 Å². The zero-order chi connectivity index (χ0) is 26.8. The van der Waals surface area contributed by atoms with Crippen LogP contribution in [0.4, 0.5) is 8.78 Å². The molecule has 1 aliphatic carbocycles. The van der Waals surface area contributed by atoms with E-state index in [9.17, 15) is 23.5 Å². The molecule has 1 atom stereocenters. The molecule has 1 spiro atoms. The number of aromatic nitrogens is 3. The lowest BCUT2D eigenvalue weighted by atomic mass is 9.84. The van der Waals surface area contributed by atoms with Gasteiger partial charge in [-0.25, -0.2) is 8.78 Å². The van der Waals surface area contributed by atoms with E-state index >= 15 is 0 Å². The van der Waals surface area contributed by atoms with Crippen LogP contribution >= 0.6 is 22.7 Å². The van der Waals surface area contributed by atoms with E-state index in [0.717, 1.165) is 35.8 Å². The number of amides is 1. The first kappa shape index (κ1) is 24.7. The summed E-state index contributed by atoms with van der Waals surface area (Å²) in [5.74, 6) is -2.45. The predicted octanol–water partition coefficient (Wildman–Crippen LogP) is 4.24. The van der Waals surface area contributed by atoms with Crippen molar-refractivity contribution in [1.29, 1.82) is 0 Å². The average molecular weight is 556 g/mol. The smallest absolute Gasteiger partial charge is 0.278 e. The highest BCUT2D eigenvalue weighted by atomic mass is 32.1. The number of pyridine rings is 1. The number of fused-ring (bicyclic) bond motifs is 3. The monoisotopic (exact) mass is 555 g/mol. The summed E-state index contributed by atoms with van der Waals surface area (Å²) >= 11 is 2.74. The van der Waals surface area contributed by atoms with E-state index in [-0.39, 0.29) is 28.2 Å². The maximum absolute atomic E-state index is 14.2. The van der Waals surface area contributed by atoms with Gasteiger partial charge in [0, 0.05) is 42.7 Å². The highest BCUT2D eigenvalue weighted by Gasteiger charge is 2.52. The molecular formula is C26H23F2N5O3S2. The third kappa shape index (κ3) is 3.50. The molecule has 0 fully saturated rings. The third-order valence-electron chi connectivity index (χ3n) is 7.39. The van der Waals surface area contributed by atoms with Crippen LogP contribution in [0.15, 0.2) is 40.6 Å². The zero-order valence-corrected chi connectivity index (χ0v) is 22.2. The van der Waals surface area contributed by atoms with Crippen LogP contribution < -0.4 is 10.4 Å². The Kier molecular flexibility index (Phi) is 5.84. The molecule has 4 heterocycles. The topological polar surface area (TPSA) is 91.6 Å². The molecule has 0 saturated carbocycles. The number of benzene rings is 1. The van der Waals surface area contributed by atoms with Crippen LogP contribution in [0.25, 0.3) is 10.6 Å². The van der Waals surface area contributed by atoms with Crippen molar-refractivity contribution in [2.75, 3.05) is 18.6 Å². The number of aromatic hydroxyl groups is 1. The normalized spacial score (nSPS) is 18.7. The number of carbonyl (C=O) groups is 1. The van der Waals surface area contributed by atoms with E-state index in [1.54, 1.807) is 20.9 Å². The van der Waals surface area contributed by atoms with Crippen LogP contribution in [-0.4, -0.2) is 44.4 Å². The van der Waals surface area contributed by atoms with E-state index in [2.05, 4.69) is 10.2 Å². The number of rotatable bonds is 4. The van der Waals surface area contributed by atoms with Gasteiger partial charge in [-0.2, -0.15) is 0 Å². The Bertz CT molecular complexity index is 1650. The van der Waals surface area contributed by atoms with Gasteiger partial charge in [-0.3, -0.25) is 19.3 Å². The second kappa shape index (κ2) is 8.98. The molecule has 8 nitrogen and oxygen atoms in total. The van der Waals surface area contributed by atoms with Crippen LogP contribution in [-0.2, 0) is 18.5 Å². The Morgan fingerprint density at radius 3 is 2.76 bits per heavy atom. The summed E-state index contributed by atoms with van der Waals surface area (Å²) < 4.78 is 29.0. The minimum Gasteiger partial charge on any atom is -0.502 e. The lowest BCUT2D eigenvalue weighted by Gasteiger charge is -2.55. The summed E-state index contributed by atoms with van der Waals surface area (Å²) in [6.07, 6.45) is 4.10. The van der Waals surface area contributed by atoms with Crippen molar-refractivity contribution in [3.63, 3.8) is 0 Å². The van der Waals surface area contributed by atoms with Gasteiger partial charge >= 0.3 is 0 Å². The molecule has 1 aliphatic heterocycles. The first-order valence-electron chi connectivity index (χ1n) is 12.1. The molecule has 196 valence electrons. The van der Waals surface area contributed by atoms with Crippen molar-refractivity contribution in [1.82, 2.24) is 19.8 Å². The first-order chi connectivity index (χ1) is 18.3. The minimum atomic E-state index is -0.766. The van der Waals surface area contributed by atoms with E-state index in [1.165, 1.54) is 23.2 Å². The number of thiophene rings is 1. The quantitative estimate of drug-likeness (QED) is 0.405. The average Bonchev–Trinajstić information content (AvgIpc) is 3.57. The lowest BCUT2D eigenvalue weighted by molar-refractivity contribution is 0.0217. The lowest BCUT2D eigenvalue weighted by Crippen LogP contribution is -2.67. The van der Waals surface area contributed by atoms with Gasteiger partial charge in [0.25, 0.3) is 5.91 Å². The Labute approximate surface area is 224 Å². The predicted molar refractivity (Wildman–Crippen MR) is 140 cm³/mol. The molecule has 38 heavy (non-hydrogen) atoms. The summed E-state index contributed by atoms with van der Waals surface area (Å²) in [6, 6.07) is 5.36. The van der Waals surface area contributed by atoms with Gasteiger partial charge in [-0.1, -0.05) is 17.4 Å². The molecule has 4 aromatic rings. The third-order valence-corrected chi connectivity index (χ3v) is 9.33. The molecule has 1 N–H and O–H groups in total. The van der Waals surface area contributed by atoms with Crippen molar-refractivity contribution in [2.24, 2.45) is 0 Å². The van der Waals surface area contributed by atoms with Gasteiger partial charge in [0.05, 0.1) is 5.56 Å². The first-order valence-corrected chi connectivity index (χ1v) is 13.8. The SMILES string of the molecule is CCN1C(=O)c2c(O)c(=O)c(-c3nnc(Cc4ccc(F)cc4F)s3)cn2N(C)C12CCCc1sccc12. The molecule has 0 bridgehead atoms. The molecule has 1 amide bonds. The van der Waals surface area contributed by atoms with Crippen molar-refractivity contribution in [3.05, 3.63) is 84.4 Å². The van der Waals surface area contributed by atoms with Gasteiger partial charge < -0.3 is 10.0 Å². The summed E-state index contributed by atoms with van der Waals surface area (Å²) in [5, 5.41) is 23.8. The molecule has 12 heteroatoms. The summed E-state index contributed by atoms with van der Waals surface area (Å²) in [4.78, 5) is 30.0. The number of halogens is 2. The number of carbonyl (C=O) groups excluding carboxylic acids is 1. The summed E-state index contributed by atoms with van der Waals surface area (Å²) in [7, 11) is 1.85. The molecular weight excluding hydrogens is 532 g/mol. The van der Waals surface area contributed by atoms with Gasteiger partial charge in [-0.15, -0.1) is 21.5 Å². The van der Waals surface area contributed by atoms with Crippen LogP contribution in [0.5, 0.6) is 5.75 Å². The van der Waals surface area contributed by atoms with E-state index in [4.69, 9.17) is 0 Å². The fourth-order valence-electron chi connectivity index (χ4n) is 5.63. The van der Waals surface area contributed by atoms with Gasteiger partial charge in [0.15, 0.2) is 22.1 Å². The summed E-state index contributed by atoms with van der Waals surface area (Å²) in [6.45, 7) is 2.29. The Balaban J connectivity index is 1.46. The van der Waals surface area contributed by atoms with Crippen LogP contribution in [0, 0.1) is 11.6 Å². The van der Waals surface area contributed by atoms with Crippen molar-refractivity contribution in [3.8, 4) is 16.3 Å². The Morgan fingerprint density at radius 2 is 2.00 bits per heavy atom. The Hall–Kier alpha value is -3.64. The van der Waals surface area contributed by atoms with Gasteiger partial charge in [0.1, 0.15) is 16.6 Å². The molecule has 2 aliphatic rings. The Morgan fingerprint density at radius 1 is 1.18 bits per heavy atom. The van der Waals surface area contributed by atoms with Crippen molar-refractivity contribution >= 4 is 28.6 Å². The van der Waals surface area contributed by atoms with Crippen molar-refractivity contribution in [2.45, 2.75) is 38.3 Å². The highest BCUT2D eigenvalue weighted by molar-refractivity contribution is 7.14.